The first-order chi connectivity index (χ1) is 12.7. The number of sulfonamides is 1. The fraction of sp³-hybridized carbons (Fsp3) is 0.158. The van der Waals surface area contributed by atoms with E-state index in [-0.39, 0.29) is 16.0 Å². The van der Waals surface area contributed by atoms with Crippen LogP contribution < -0.4 is 10.9 Å². The summed E-state index contributed by atoms with van der Waals surface area (Å²) in [7, 11) is -0.750. The second kappa shape index (κ2) is 6.98. The van der Waals surface area contributed by atoms with Crippen LogP contribution in [-0.4, -0.2) is 37.7 Å². The van der Waals surface area contributed by atoms with E-state index in [2.05, 4.69) is 10.3 Å². The van der Waals surface area contributed by atoms with Gasteiger partial charge in [0.1, 0.15) is 0 Å². The molecule has 140 valence electrons. The van der Waals surface area contributed by atoms with E-state index in [1.807, 2.05) is 0 Å². The van der Waals surface area contributed by atoms with E-state index >= 15 is 0 Å². The largest absolute Gasteiger partial charge is 0.322 e. The Labute approximate surface area is 156 Å². The molecule has 0 aliphatic carbocycles. The van der Waals surface area contributed by atoms with Gasteiger partial charge in [-0.25, -0.2) is 12.7 Å². The van der Waals surface area contributed by atoms with Crippen LogP contribution in [0.3, 0.4) is 0 Å². The fourth-order valence-electron chi connectivity index (χ4n) is 2.69. The summed E-state index contributed by atoms with van der Waals surface area (Å²) in [6.45, 7) is 1.76. The van der Waals surface area contributed by atoms with Crippen molar-refractivity contribution in [1.82, 2.24) is 9.29 Å². The lowest BCUT2D eigenvalue weighted by molar-refractivity contribution is 0.102. The zero-order valence-corrected chi connectivity index (χ0v) is 15.9. The number of fused-ring (bicyclic) bond motifs is 1. The highest BCUT2D eigenvalue weighted by Gasteiger charge is 2.19. The SMILES string of the molecule is Cc1ccc(S(=O)(=O)N(C)C)cc1NC(=O)c1cc(=O)[nH]c2ccccc12. The van der Waals surface area contributed by atoms with Gasteiger partial charge in [-0.1, -0.05) is 24.3 Å². The molecular formula is C19H19N3O4S. The number of nitrogens with one attached hydrogen (secondary N) is 2. The Hall–Kier alpha value is -2.97. The van der Waals surface area contributed by atoms with Gasteiger partial charge in [-0.2, -0.15) is 0 Å². The lowest BCUT2D eigenvalue weighted by Crippen LogP contribution is -2.23. The van der Waals surface area contributed by atoms with Crippen molar-refractivity contribution in [1.29, 1.82) is 0 Å². The number of rotatable bonds is 4. The average molecular weight is 385 g/mol. The molecule has 1 heterocycles. The molecule has 0 aliphatic heterocycles. The maximum Gasteiger partial charge on any atom is 0.256 e. The number of carbonyl (C=O) groups is 1. The molecule has 0 unspecified atom stereocenters. The van der Waals surface area contributed by atoms with Crippen LogP contribution in [0.2, 0.25) is 0 Å². The summed E-state index contributed by atoms with van der Waals surface area (Å²) in [4.78, 5) is 27.4. The van der Waals surface area contributed by atoms with Crippen LogP contribution in [0.1, 0.15) is 15.9 Å². The van der Waals surface area contributed by atoms with Crippen LogP contribution >= 0.6 is 0 Å². The van der Waals surface area contributed by atoms with Gasteiger partial charge < -0.3 is 10.3 Å². The number of aromatic nitrogens is 1. The number of H-pyrrole nitrogens is 1. The molecule has 27 heavy (non-hydrogen) atoms. The monoisotopic (exact) mass is 385 g/mol. The van der Waals surface area contributed by atoms with E-state index in [0.717, 1.165) is 4.31 Å². The molecular weight excluding hydrogens is 366 g/mol. The summed E-state index contributed by atoms with van der Waals surface area (Å²) in [6.07, 6.45) is 0. The number of aromatic amines is 1. The van der Waals surface area contributed by atoms with E-state index in [4.69, 9.17) is 0 Å². The van der Waals surface area contributed by atoms with Crippen molar-refractivity contribution in [2.45, 2.75) is 11.8 Å². The minimum atomic E-state index is -3.63. The Kier molecular flexibility index (Phi) is 4.86. The molecule has 0 aliphatic rings. The third-order valence-electron chi connectivity index (χ3n) is 4.23. The molecule has 1 aromatic heterocycles. The zero-order chi connectivity index (χ0) is 19.8. The number of para-hydroxylation sites is 1. The van der Waals surface area contributed by atoms with Gasteiger partial charge in [0.15, 0.2) is 0 Å². The summed E-state index contributed by atoms with van der Waals surface area (Å²) in [5.41, 5.74) is 1.45. The van der Waals surface area contributed by atoms with E-state index in [9.17, 15) is 18.0 Å². The first-order valence-corrected chi connectivity index (χ1v) is 9.61. The van der Waals surface area contributed by atoms with Gasteiger partial charge in [-0.05, 0) is 30.7 Å². The molecule has 0 atom stereocenters. The molecule has 0 saturated carbocycles. The molecule has 0 radical (unpaired) electrons. The molecule has 0 spiro atoms. The van der Waals surface area contributed by atoms with Crippen molar-refractivity contribution in [3.63, 3.8) is 0 Å². The van der Waals surface area contributed by atoms with Crippen molar-refractivity contribution in [3.8, 4) is 0 Å². The predicted molar refractivity (Wildman–Crippen MR) is 105 cm³/mol. The molecule has 3 rings (SSSR count). The van der Waals surface area contributed by atoms with E-state index in [0.29, 0.717) is 22.2 Å². The number of benzene rings is 2. The Bertz CT molecular complexity index is 1200. The molecule has 0 saturated heterocycles. The van der Waals surface area contributed by atoms with Crippen molar-refractivity contribution in [3.05, 3.63) is 70.0 Å². The summed E-state index contributed by atoms with van der Waals surface area (Å²) < 4.78 is 25.8. The number of nitrogens with zero attached hydrogens (tertiary/aromatic N) is 1. The normalized spacial score (nSPS) is 11.7. The number of hydrogen-bond acceptors (Lipinski definition) is 4. The summed E-state index contributed by atoms with van der Waals surface area (Å²) in [5.74, 6) is -0.486. The Morgan fingerprint density at radius 1 is 1.07 bits per heavy atom. The van der Waals surface area contributed by atoms with E-state index < -0.39 is 15.9 Å². The number of aryl methyl sites for hydroxylation is 1. The molecule has 2 aromatic carbocycles. The smallest absolute Gasteiger partial charge is 0.256 e. The van der Waals surface area contributed by atoms with Crippen LogP contribution in [0.5, 0.6) is 0 Å². The summed E-state index contributed by atoms with van der Waals surface area (Å²) in [6, 6.07) is 12.7. The highest BCUT2D eigenvalue weighted by atomic mass is 32.2. The Balaban J connectivity index is 2.04. The van der Waals surface area contributed by atoms with Crippen LogP contribution in [0.15, 0.2) is 58.2 Å². The van der Waals surface area contributed by atoms with E-state index in [1.54, 1.807) is 37.3 Å². The van der Waals surface area contributed by atoms with Crippen molar-refractivity contribution in [2.75, 3.05) is 19.4 Å². The van der Waals surface area contributed by atoms with Gasteiger partial charge >= 0.3 is 0 Å². The molecule has 0 fully saturated rings. The van der Waals surface area contributed by atoms with Crippen LogP contribution in [0, 0.1) is 6.92 Å². The maximum absolute atomic E-state index is 12.8. The number of hydrogen-bond donors (Lipinski definition) is 2. The third-order valence-corrected chi connectivity index (χ3v) is 6.04. The molecule has 7 nitrogen and oxygen atoms in total. The molecule has 1 amide bonds. The summed E-state index contributed by atoms with van der Waals surface area (Å²) >= 11 is 0. The van der Waals surface area contributed by atoms with Crippen molar-refractivity contribution in [2.24, 2.45) is 0 Å². The van der Waals surface area contributed by atoms with Gasteiger partial charge in [0, 0.05) is 36.8 Å². The van der Waals surface area contributed by atoms with Gasteiger partial charge in [0.25, 0.3) is 5.91 Å². The average Bonchev–Trinajstić information content (AvgIpc) is 2.62. The highest BCUT2D eigenvalue weighted by Crippen LogP contribution is 2.23. The Morgan fingerprint density at radius 2 is 1.78 bits per heavy atom. The minimum Gasteiger partial charge on any atom is -0.322 e. The van der Waals surface area contributed by atoms with Crippen LogP contribution in [-0.2, 0) is 10.0 Å². The van der Waals surface area contributed by atoms with Gasteiger partial charge in [0.05, 0.1) is 10.5 Å². The van der Waals surface area contributed by atoms with Crippen molar-refractivity contribution >= 4 is 32.5 Å². The van der Waals surface area contributed by atoms with Crippen LogP contribution in [0.25, 0.3) is 10.9 Å². The molecule has 3 aromatic rings. The standard InChI is InChI=1S/C19H19N3O4S/c1-12-8-9-13(27(25,26)22(2)3)10-17(12)21-19(24)15-11-18(23)20-16-7-5-4-6-14(15)16/h4-11H,1-3H3,(H,20,23)(H,21,24). The second-order valence-electron chi connectivity index (χ2n) is 6.31. The van der Waals surface area contributed by atoms with Crippen LogP contribution in [0.4, 0.5) is 5.69 Å². The van der Waals surface area contributed by atoms with Gasteiger partial charge in [-0.15, -0.1) is 0 Å². The predicted octanol–water partition coefficient (Wildman–Crippen LogP) is 2.34. The lowest BCUT2D eigenvalue weighted by Gasteiger charge is -2.15. The zero-order valence-electron chi connectivity index (χ0n) is 15.1. The first-order valence-electron chi connectivity index (χ1n) is 8.17. The van der Waals surface area contributed by atoms with Gasteiger partial charge in [0.2, 0.25) is 15.6 Å². The molecule has 8 heteroatoms. The number of amides is 1. The molecule has 2 N–H and O–H groups in total. The molecule has 0 bridgehead atoms. The minimum absolute atomic E-state index is 0.0733. The first kappa shape index (κ1) is 18.8. The summed E-state index contributed by atoms with van der Waals surface area (Å²) in [5, 5.41) is 3.32. The fourth-order valence-corrected chi connectivity index (χ4v) is 3.62. The number of anilines is 1. The topological polar surface area (TPSA) is 99.3 Å². The second-order valence-corrected chi connectivity index (χ2v) is 8.46. The highest BCUT2D eigenvalue weighted by molar-refractivity contribution is 7.89. The lowest BCUT2D eigenvalue weighted by atomic mass is 10.1. The quantitative estimate of drug-likeness (QED) is 0.720. The van der Waals surface area contributed by atoms with Crippen molar-refractivity contribution < 1.29 is 13.2 Å². The maximum atomic E-state index is 12.8. The van der Waals surface area contributed by atoms with Gasteiger partial charge in [-0.3, -0.25) is 9.59 Å². The Morgan fingerprint density at radius 3 is 2.48 bits per heavy atom. The number of carbonyl (C=O) groups excluding carboxylic acids is 1. The number of pyridine rings is 1. The van der Waals surface area contributed by atoms with E-state index in [1.165, 1.54) is 32.3 Å². The third kappa shape index (κ3) is 3.62.